The summed E-state index contributed by atoms with van der Waals surface area (Å²) >= 11 is 3.41. The molecular formula is C13H19BrN2O2. The number of hydrogen-bond acceptors (Lipinski definition) is 3. The Labute approximate surface area is 116 Å². The number of halogens is 1. The van der Waals surface area contributed by atoms with Crippen molar-refractivity contribution >= 4 is 21.8 Å². The van der Waals surface area contributed by atoms with Gasteiger partial charge >= 0.3 is 0 Å². The Kier molecular flexibility index (Phi) is 6.15. The van der Waals surface area contributed by atoms with Crippen LogP contribution in [0.2, 0.25) is 0 Å². The maximum absolute atomic E-state index is 11.7. The third kappa shape index (κ3) is 4.31. The maximum atomic E-state index is 11.7. The Morgan fingerprint density at radius 2 is 2.28 bits per heavy atom. The molecule has 1 rings (SSSR count). The molecule has 0 aliphatic rings. The molecule has 0 saturated heterocycles. The summed E-state index contributed by atoms with van der Waals surface area (Å²) < 4.78 is 6.53. The molecular weight excluding hydrogens is 296 g/mol. The van der Waals surface area contributed by atoms with Gasteiger partial charge in [-0.15, -0.1) is 0 Å². The number of ether oxygens (including phenoxy) is 1. The van der Waals surface area contributed by atoms with Crippen LogP contribution in [0.15, 0.2) is 22.7 Å². The SMILES string of the molecule is CCCNC(=O)C(C)Oc1ccc(Br)c(CN)c1. The van der Waals surface area contributed by atoms with E-state index in [1.54, 1.807) is 6.92 Å². The molecule has 1 unspecified atom stereocenters. The van der Waals surface area contributed by atoms with Gasteiger partial charge in [0.2, 0.25) is 0 Å². The summed E-state index contributed by atoms with van der Waals surface area (Å²) in [4.78, 5) is 11.7. The average Bonchev–Trinajstić information content (AvgIpc) is 2.37. The summed E-state index contributed by atoms with van der Waals surface area (Å²) in [5, 5.41) is 2.79. The highest BCUT2D eigenvalue weighted by Gasteiger charge is 2.14. The van der Waals surface area contributed by atoms with Crippen LogP contribution in [0.25, 0.3) is 0 Å². The number of nitrogens with two attached hydrogens (primary N) is 1. The second-order valence-electron chi connectivity index (χ2n) is 4.01. The lowest BCUT2D eigenvalue weighted by molar-refractivity contribution is -0.127. The second-order valence-corrected chi connectivity index (χ2v) is 4.86. The largest absolute Gasteiger partial charge is 0.481 e. The molecule has 4 nitrogen and oxygen atoms in total. The van der Waals surface area contributed by atoms with E-state index in [0.29, 0.717) is 18.8 Å². The molecule has 0 aromatic heterocycles. The first-order valence-electron chi connectivity index (χ1n) is 6.01. The zero-order chi connectivity index (χ0) is 13.5. The first kappa shape index (κ1) is 15.0. The molecule has 18 heavy (non-hydrogen) atoms. The van der Waals surface area contributed by atoms with Gasteiger partial charge in [-0.3, -0.25) is 4.79 Å². The van der Waals surface area contributed by atoms with Crippen molar-refractivity contribution in [1.29, 1.82) is 0 Å². The summed E-state index contributed by atoms with van der Waals surface area (Å²) in [7, 11) is 0. The molecule has 1 atom stereocenters. The van der Waals surface area contributed by atoms with Gasteiger partial charge in [0.15, 0.2) is 6.10 Å². The number of nitrogens with one attached hydrogen (secondary N) is 1. The van der Waals surface area contributed by atoms with E-state index >= 15 is 0 Å². The molecule has 0 fully saturated rings. The molecule has 0 radical (unpaired) electrons. The van der Waals surface area contributed by atoms with Gasteiger partial charge in [0, 0.05) is 17.6 Å². The highest BCUT2D eigenvalue weighted by molar-refractivity contribution is 9.10. The van der Waals surface area contributed by atoms with Crippen molar-refractivity contribution in [1.82, 2.24) is 5.32 Å². The molecule has 1 aromatic rings. The van der Waals surface area contributed by atoms with Crippen LogP contribution in [-0.4, -0.2) is 18.6 Å². The standard InChI is InChI=1S/C13H19BrN2O2/c1-3-6-16-13(17)9(2)18-11-4-5-12(14)10(7-11)8-15/h4-5,7,9H,3,6,8,15H2,1-2H3,(H,16,17). The lowest BCUT2D eigenvalue weighted by atomic mass is 10.2. The highest BCUT2D eigenvalue weighted by Crippen LogP contribution is 2.22. The minimum atomic E-state index is -0.511. The van der Waals surface area contributed by atoms with Crippen LogP contribution in [0.1, 0.15) is 25.8 Å². The van der Waals surface area contributed by atoms with Gasteiger partial charge in [0.25, 0.3) is 5.91 Å². The number of benzene rings is 1. The van der Waals surface area contributed by atoms with E-state index in [-0.39, 0.29) is 5.91 Å². The Morgan fingerprint density at radius 3 is 2.89 bits per heavy atom. The van der Waals surface area contributed by atoms with Gasteiger partial charge in [-0.05, 0) is 37.1 Å². The molecule has 0 bridgehead atoms. The summed E-state index contributed by atoms with van der Waals surface area (Å²) in [6.45, 7) is 4.83. The van der Waals surface area contributed by atoms with E-state index in [0.717, 1.165) is 16.5 Å². The minimum Gasteiger partial charge on any atom is -0.481 e. The predicted molar refractivity (Wildman–Crippen MR) is 75.4 cm³/mol. The quantitative estimate of drug-likeness (QED) is 0.846. The molecule has 0 aliphatic heterocycles. The number of carbonyl (C=O) groups is 1. The molecule has 5 heteroatoms. The average molecular weight is 315 g/mol. The third-order valence-corrected chi connectivity index (χ3v) is 3.24. The first-order valence-corrected chi connectivity index (χ1v) is 6.80. The molecule has 0 spiro atoms. The predicted octanol–water partition coefficient (Wildman–Crippen LogP) is 2.20. The summed E-state index contributed by atoms with van der Waals surface area (Å²) in [6.07, 6.45) is 0.400. The maximum Gasteiger partial charge on any atom is 0.260 e. The number of carbonyl (C=O) groups excluding carboxylic acids is 1. The van der Waals surface area contributed by atoms with E-state index in [1.165, 1.54) is 0 Å². The van der Waals surface area contributed by atoms with Crippen molar-refractivity contribution in [3.8, 4) is 5.75 Å². The molecule has 0 heterocycles. The molecule has 1 amide bonds. The van der Waals surface area contributed by atoms with Crippen molar-refractivity contribution in [2.45, 2.75) is 32.9 Å². The van der Waals surface area contributed by atoms with Gasteiger partial charge < -0.3 is 15.8 Å². The minimum absolute atomic E-state index is 0.103. The van der Waals surface area contributed by atoms with E-state index in [1.807, 2.05) is 25.1 Å². The van der Waals surface area contributed by atoms with Gasteiger partial charge in [0.1, 0.15) is 5.75 Å². The summed E-state index contributed by atoms with van der Waals surface area (Å²) in [5.41, 5.74) is 6.56. The van der Waals surface area contributed by atoms with E-state index < -0.39 is 6.10 Å². The van der Waals surface area contributed by atoms with Crippen LogP contribution in [0, 0.1) is 0 Å². The number of rotatable bonds is 6. The third-order valence-electron chi connectivity index (χ3n) is 2.47. The van der Waals surface area contributed by atoms with E-state index in [4.69, 9.17) is 10.5 Å². The van der Waals surface area contributed by atoms with Crippen molar-refractivity contribution in [3.63, 3.8) is 0 Å². The molecule has 0 saturated carbocycles. The molecule has 1 aromatic carbocycles. The monoisotopic (exact) mass is 314 g/mol. The fraction of sp³-hybridized carbons (Fsp3) is 0.462. The Bertz CT molecular complexity index is 410. The van der Waals surface area contributed by atoms with Crippen LogP contribution < -0.4 is 15.8 Å². The number of hydrogen-bond donors (Lipinski definition) is 2. The smallest absolute Gasteiger partial charge is 0.260 e. The summed E-state index contributed by atoms with van der Waals surface area (Å²) in [6, 6.07) is 5.52. The van der Waals surface area contributed by atoms with Gasteiger partial charge in [-0.2, -0.15) is 0 Å². The van der Waals surface area contributed by atoms with Crippen molar-refractivity contribution in [3.05, 3.63) is 28.2 Å². The van der Waals surface area contributed by atoms with Crippen LogP contribution in [0.4, 0.5) is 0 Å². The van der Waals surface area contributed by atoms with Crippen LogP contribution in [0.3, 0.4) is 0 Å². The van der Waals surface area contributed by atoms with Gasteiger partial charge in [-0.25, -0.2) is 0 Å². The van der Waals surface area contributed by atoms with Crippen molar-refractivity contribution in [2.75, 3.05) is 6.54 Å². The Balaban J connectivity index is 2.64. The van der Waals surface area contributed by atoms with Crippen LogP contribution in [-0.2, 0) is 11.3 Å². The van der Waals surface area contributed by atoms with E-state index in [9.17, 15) is 4.79 Å². The Morgan fingerprint density at radius 1 is 1.56 bits per heavy atom. The topological polar surface area (TPSA) is 64.3 Å². The van der Waals surface area contributed by atoms with Gasteiger partial charge in [0.05, 0.1) is 0 Å². The fourth-order valence-corrected chi connectivity index (χ4v) is 1.84. The lowest BCUT2D eigenvalue weighted by Gasteiger charge is -2.15. The molecule has 0 aliphatic carbocycles. The zero-order valence-electron chi connectivity index (χ0n) is 10.7. The fourth-order valence-electron chi connectivity index (χ4n) is 1.43. The van der Waals surface area contributed by atoms with Crippen molar-refractivity contribution < 1.29 is 9.53 Å². The Hall–Kier alpha value is -1.07. The normalized spacial score (nSPS) is 12.0. The van der Waals surface area contributed by atoms with Crippen LogP contribution in [0.5, 0.6) is 5.75 Å². The zero-order valence-corrected chi connectivity index (χ0v) is 12.3. The second kappa shape index (κ2) is 7.38. The lowest BCUT2D eigenvalue weighted by Crippen LogP contribution is -2.36. The van der Waals surface area contributed by atoms with E-state index in [2.05, 4.69) is 21.2 Å². The van der Waals surface area contributed by atoms with Crippen LogP contribution >= 0.6 is 15.9 Å². The highest BCUT2D eigenvalue weighted by atomic mass is 79.9. The number of amides is 1. The first-order chi connectivity index (χ1) is 8.58. The molecule has 100 valence electrons. The summed E-state index contributed by atoms with van der Waals surface area (Å²) in [5.74, 6) is 0.548. The van der Waals surface area contributed by atoms with Crippen molar-refractivity contribution in [2.24, 2.45) is 5.73 Å². The molecule has 3 N–H and O–H groups in total. The van der Waals surface area contributed by atoms with Gasteiger partial charge in [-0.1, -0.05) is 22.9 Å².